The van der Waals surface area contributed by atoms with Gasteiger partial charge in [-0.15, -0.1) is 0 Å². The van der Waals surface area contributed by atoms with Crippen molar-refractivity contribution in [1.82, 2.24) is 16.0 Å². The van der Waals surface area contributed by atoms with E-state index in [0.29, 0.717) is 0 Å². The Hall–Kier alpha value is -2.32. The number of ether oxygens (including phenoxy) is 2. The molecule has 8 unspecified atom stereocenters. The molecule has 53 heavy (non-hydrogen) atoms. The lowest BCUT2D eigenvalue weighted by atomic mass is 9.81. The minimum atomic E-state index is -5.42. The van der Waals surface area contributed by atoms with Crippen LogP contribution in [0.3, 0.4) is 0 Å². The summed E-state index contributed by atoms with van der Waals surface area (Å²) in [5.41, 5.74) is 0. The first kappa shape index (κ1) is 46.8. The highest BCUT2D eigenvalue weighted by Crippen LogP contribution is 2.38. The first-order valence-corrected chi connectivity index (χ1v) is 21.1. The van der Waals surface area contributed by atoms with Crippen LogP contribution < -0.4 is 16.0 Å². The summed E-state index contributed by atoms with van der Waals surface area (Å²) in [6.07, 6.45) is -13.3. The SMILES string of the molecule is O=CNCC(=O)NCC(=O)NCOC1CC(COS(=O)(=O)O)C(OC2CC(COS(=O)(=O)O)C(OS(=O)(=O)O)CC2OS(=O)(=O)O)CC1OS(=O)(=O)O. The van der Waals surface area contributed by atoms with E-state index in [0.717, 1.165) is 0 Å². The number of amides is 3. The number of rotatable bonds is 22. The van der Waals surface area contributed by atoms with Crippen LogP contribution in [0.1, 0.15) is 25.7 Å². The summed E-state index contributed by atoms with van der Waals surface area (Å²) in [5.74, 6) is -4.49. The largest absolute Gasteiger partial charge is 0.397 e. The van der Waals surface area contributed by atoms with Crippen molar-refractivity contribution in [1.29, 1.82) is 0 Å². The van der Waals surface area contributed by atoms with Crippen LogP contribution >= 0.6 is 0 Å². The van der Waals surface area contributed by atoms with E-state index in [1.807, 2.05) is 5.32 Å². The van der Waals surface area contributed by atoms with Gasteiger partial charge in [0.25, 0.3) is 0 Å². The molecule has 0 aromatic heterocycles. The Morgan fingerprint density at radius 1 is 0.547 bits per heavy atom. The van der Waals surface area contributed by atoms with Gasteiger partial charge in [0, 0.05) is 24.7 Å². The molecule has 28 nitrogen and oxygen atoms in total. The molecule has 0 aromatic carbocycles. The molecule has 0 radical (unpaired) electrons. The molecule has 2 saturated carbocycles. The van der Waals surface area contributed by atoms with Crippen LogP contribution in [0.15, 0.2) is 0 Å². The summed E-state index contributed by atoms with van der Waals surface area (Å²) in [7, 11) is -26.5. The van der Waals surface area contributed by atoms with E-state index in [-0.39, 0.29) is 6.41 Å². The van der Waals surface area contributed by atoms with Gasteiger partial charge in [-0.25, -0.2) is 20.9 Å². The Morgan fingerprint density at radius 2 is 0.981 bits per heavy atom. The Balaban J connectivity index is 2.40. The van der Waals surface area contributed by atoms with Gasteiger partial charge in [-0.3, -0.25) is 37.1 Å². The fourth-order valence-corrected chi connectivity index (χ4v) is 7.49. The van der Waals surface area contributed by atoms with Crippen molar-refractivity contribution in [2.24, 2.45) is 11.8 Å². The summed E-state index contributed by atoms with van der Waals surface area (Å²) in [6, 6.07) is 0. The van der Waals surface area contributed by atoms with Crippen molar-refractivity contribution in [3.8, 4) is 0 Å². The van der Waals surface area contributed by atoms with Gasteiger partial charge in [0.1, 0.15) is 18.9 Å². The van der Waals surface area contributed by atoms with E-state index < -0.39 is 171 Å². The van der Waals surface area contributed by atoms with Crippen LogP contribution in [-0.2, 0) is 96.8 Å². The van der Waals surface area contributed by atoms with Crippen LogP contribution in [0.25, 0.3) is 0 Å². The van der Waals surface area contributed by atoms with E-state index in [1.165, 1.54) is 0 Å². The maximum atomic E-state index is 12.1. The van der Waals surface area contributed by atoms with Crippen LogP contribution in [-0.4, -0.2) is 153 Å². The molecular weight excluding hydrogens is 843 g/mol. The summed E-state index contributed by atoms with van der Waals surface area (Å²) in [6.45, 7) is -3.92. The van der Waals surface area contributed by atoms with E-state index in [2.05, 4.69) is 31.5 Å². The van der Waals surface area contributed by atoms with E-state index in [1.54, 1.807) is 0 Å². The average molecular weight is 878 g/mol. The Labute approximate surface area is 302 Å². The quantitative estimate of drug-likeness (QED) is 0.0287. The molecule has 0 spiro atoms. The van der Waals surface area contributed by atoms with E-state index >= 15 is 0 Å². The molecule has 310 valence electrons. The molecule has 2 fully saturated rings. The number of hydrogen-bond donors (Lipinski definition) is 8. The zero-order chi connectivity index (χ0) is 40.4. The minimum absolute atomic E-state index is 0.227. The molecule has 2 aliphatic carbocycles. The van der Waals surface area contributed by atoms with Crippen LogP contribution in [0.5, 0.6) is 0 Å². The Kier molecular flexibility index (Phi) is 17.2. The maximum absolute atomic E-state index is 12.1. The third-order valence-electron chi connectivity index (χ3n) is 7.19. The summed E-state index contributed by atoms with van der Waals surface area (Å²) >= 11 is 0. The average Bonchev–Trinajstić information content (AvgIpc) is 2.96. The topological polar surface area (TPSA) is 424 Å². The standard InChI is InChI=1S/C20H35N3O25S5/c24-9-21-5-19(25)22-6-20(26)23-10-42-15-1-11(7-43-49(27,28)29)13(3-17(15)47-52(36,37)38)45-16-2-12(8-44-50(30,31)32)14(46-51(33,34)35)4-18(16)48-53(39,40)41/h9,11-18H,1-8,10H2,(H,21,24)(H,22,25)(H,23,26)(H,27,28,29)(H,30,31,32)(H,33,34,35)(H,36,37,38)(H,39,40,41). The number of hydrogen-bond acceptors (Lipinski definition) is 20. The van der Waals surface area contributed by atoms with Crippen molar-refractivity contribution < 1.29 is 110 Å². The Bertz CT molecular complexity index is 1820. The molecule has 0 aliphatic heterocycles. The molecular formula is C20H35N3O25S5. The lowest BCUT2D eigenvalue weighted by Crippen LogP contribution is -2.53. The summed E-state index contributed by atoms with van der Waals surface area (Å²) < 4.78 is 195. The minimum Gasteiger partial charge on any atom is -0.372 e. The zero-order valence-corrected chi connectivity index (χ0v) is 30.6. The normalized spacial score (nSPS) is 27.4. The fraction of sp³-hybridized carbons (Fsp3) is 0.850. The number of carbonyl (C=O) groups is 3. The third-order valence-corrected chi connectivity index (χ3v) is 9.53. The highest BCUT2D eigenvalue weighted by Gasteiger charge is 2.48. The number of carbonyl (C=O) groups excluding carboxylic acids is 3. The molecule has 0 saturated heterocycles. The number of nitrogens with one attached hydrogen (secondary N) is 3. The highest BCUT2D eigenvalue weighted by molar-refractivity contribution is 7.81. The lowest BCUT2D eigenvalue weighted by Gasteiger charge is -2.44. The Morgan fingerprint density at radius 3 is 1.47 bits per heavy atom. The molecule has 33 heteroatoms. The first-order chi connectivity index (χ1) is 24.1. The first-order valence-electron chi connectivity index (χ1n) is 14.3. The molecule has 0 heterocycles. The predicted molar refractivity (Wildman–Crippen MR) is 163 cm³/mol. The highest BCUT2D eigenvalue weighted by atomic mass is 32.3. The van der Waals surface area contributed by atoms with Gasteiger partial charge in [0.2, 0.25) is 18.2 Å². The molecule has 8 N–H and O–H groups in total. The second-order valence-electron chi connectivity index (χ2n) is 11.0. The van der Waals surface area contributed by atoms with Crippen molar-refractivity contribution in [2.45, 2.75) is 62.3 Å². The molecule has 2 aliphatic rings. The van der Waals surface area contributed by atoms with Gasteiger partial charge in [-0.2, -0.15) is 42.1 Å². The molecule has 3 amide bonds. The monoisotopic (exact) mass is 877 g/mol. The van der Waals surface area contributed by atoms with Crippen LogP contribution in [0, 0.1) is 11.8 Å². The second kappa shape index (κ2) is 19.5. The zero-order valence-electron chi connectivity index (χ0n) is 26.5. The molecule has 0 aromatic rings. The fourth-order valence-electron chi connectivity index (χ4n) is 5.21. The lowest BCUT2D eigenvalue weighted by molar-refractivity contribution is -0.174. The van der Waals surface area contributed by atoms with Gasteiger partial charge in [0.15, 0.2) is 0 Å². The van der Waals surface area contributed by atoms with E-state index in [4.69, 9.17) is 14.0 Å². The van der Waals surface area contributed by atoms with Crippen molar-refractivity contribution in [3.05, 3.63) is 0 Å². The van der Waals surface area contributed by atoms with Gasteiger partial charge < -0.3 is 25.4 Å². The second-order valence-corrected chi connectivity index (χ2v) is 16.3. The molecule has 8 atom stereocenters. The van der Waals surface area contributed by atoms with Gasteiger partial charge in [-0.1, -0.05) is 0 Å². The predicted octanol–water partition coefficient (Wildman–Crippen LogP) is -4.92. The summed E-state index contributed by atoms with van der Waals surface area (Å²) in [5, 5.41) is 6.36. The molecule has 0 bridgehead atoms. The van der Waals surface area contributed by atoms with Gasteiger partial charge in [0.05, 0.1) is 50.7 Å². The van der Waals surface area contributed by atoms with Gasteiger partial charge in [-0.05, 0) is 12.8 Å². The van der Waals surface area contributed by atoms with Crippen molar-refractivity contribution in [3.63, 3.8) is 0 Å². The third kappa shape index (κ3) is 19.7. The van der Waals surface area contributed by atoms with Crippen molar-refractivity contribution >= 4 is 70.2 Å². The smallest absolute Gasteiger partial charge is 0.372 e. The van der Waals surface area contributed by atoms with Crippen molar-refractivity contribution in [2.75, 3.05) is 33.0 Å². The van der Waals surface area contributed by atoms with Crippen LogP contribution in [0.2, 0.25) is 0 Å². The molecule has 2 rings (SSSR count). The summed E-state index contributed by atoms with van der Waals surface area (Å²) in [4.78, 5) is 33.9. The maximum Gasteiger partial charge on any atom is 0.397 e. The van der Waals surface area contributed by atoms with Gasteiger partial charge >= 0.3 is 52.0 Å². The van der Waals surface area contributed by atoms with Crippen LogP contribution in [0.4, 0.5) is 0 Å². The van der Waals surface area contributed by atoms with E-state index in [9.17, 15) is 74.7 Å².